The second kappa shape index (κ2) is 6.12. The molecule has 0 aliphatic carbocycles. The molecule has 0 spiro atoms. The van der Waals surface area contributed by atoms with Crippen LogP contribution in [-0.2, 0) is 4.79 Å². The number of hydrogen-bond donors (Lipinski definition) is 2. The van der Waals surface area contributed by atoms with Crippen molar-refractivity contribution in [1.29, 1.82) is 0 Å². The number of anilines is 1. The van der Waals surface area contributed by atoms with E-state index >= 15 is 0 Å². The normalized spacial score (nSPS) is 14.2. The quantitative estimate of drug-likeness (QED) is 0.898. The van der Waals surface area contributed by atoms with E-state index in [1.165, 1.54) is 6.07 Å². The zero-order chi connectivity index (χ0) is 13.0. The van der Waals surface area contributed by atoms with Crippen molar-refractivity contribution in [2.75, 3.05) is 5.32 Å². The molecule has 0 bridgehead atoms. The molecule has 0 saturated carbocycles. The third-order valence-electron chi connectivity index (χ3n) is 2.77. The van der Waals surface area contributed by atoms with Crippen LogP contribution in [0.5, 0.6) is 0 Å². The summed E-state index contributed by atoms with van der Waals surface area (Å²) in [7, 11) is 0. The Balaban J connectivity index is 2.81. The summed E-state index contributed by atoms with van der Waals surface area (Å²) in [5.41, 5.74) is 5.90. The zero-order valence-corrected chi connectivity index (χ0v) is 11.4. The van der Waals surface area contributed by atoms with Crippen LogP contribution in [-0.4, -0.2) is 11.9 Å². The van der Waals surface area contributed by atoms with Crippen molar-refractivity contribution in [3.63, 3.8) is 0 Å². The highest BCUT2D eigenvalue weighted by molar-refractivity contribution is 9.10. The Morgan fingerprint density at radius 2 is 2.24 bits per heavy atom. The van der Waals surface area contributed by atoms with E-state index in [2.05, 4.69) is 21.2 Å². The molecule has 1 aromatic carbocycles. The number of benzene rings is 1. The highest BCUT2D eigenvalue weighted by Gasteiger charge is 2.21. The predicted molar refractivity (Wildman–Crippen MR) is 70.2 cm³/mol. The van der Waals surface area contributed by atoms with Gasteiger partial charge in [-0.1, -0.05) is 26.3 Å². The molecule has 0 aromatic heterocycles. The van der Waals surface area contributed by atoms with Crippen molar-refractivity contribution in [2.24, 2.45) is 11.7 Å². The van der Waals surface area contributed by atoms with Crippen molar-refractivity contribution < 1.29 is 9.18 Å². The summed E-state index contributed by atoms with van der Waals surface area (Å²) in [6.07, 6.45) is 0.799. The van der Waals surface area contributed by atoms with Crippen molar-refractivity contribution in [2.45, 2.75) is 26.3 Å². The molecule has 1 rings (SSSR count). The maximum absolute atomic E-state index is 13.5. The van der Waals surface area contributed by atoms with Crippen LogP contribution in [0, 0.1) is 11.7 Å². The third kappa shape index (κ3) is 3.51. The summed E-state index contributed by atoms with van der Waals surface area (Å²) in [6.45, 7) is 3.84. The molecule has 2 atom stereocenters. The molecule has 3 N–H and O–H groups in total. The van der Waals surface area contributed by atoms with Gasteiger partial charge in [-0.25, -0.2) is 4.39 Å². The van der Waals surface area contributed by atoms with Crippen molar-refractivity contribution in [3.8, 4) is 0 Å². The standard InChI is InChI=1S/C12H16BrFN2O/c1-3-7(2)10(15)12(17)16-11-8(13)5-4-6-9(11)14/h4-7,10H,3,15H2,1-2H3,(H,16,17)/t7?,10-/m0/s1. The van der Waals surface area contributed by atoms with Gasteiger partial charge in [-0.15, -0.1) is 0 Å². The van der Waals surface area contributed by atoms with Crippen molar-refractivity contribution in [3.05, 3.63) is 28.5 Å². The Morgan fingerprint density at radius 3 is 2.76 bits per heavy atom. The first-order valence-corrected chi connectivity index (χ1v) is 6.27. The lowest BCUT2D eigenvalue weighted by Crippen LogP contribution is -2.40. The smallest absolute Gasteiger partial charge is 0.241 e. The zero-order valence-electron chi connectivity index (χ0n) is 9.84. The summed E-state index contributed by atoms with van der Waals surface area (Å²) in [6, 6.07) is 3.87. The summed E-state index contributed by atoms with van der Waals surface area (Å²) in [5.74, 6) is -0.797. The number of hydrogen-bond acceptors (Lipinski definition) is 2. The highest BCUT2D eigenvalue weighted by Crippen LogP contribution is 2.25. The molecule has 0 saturated heterocycles. The van der Waals surface area contributed by atoms with Crippen LogP contribution in [0.1, 0.15) is 20.3 Å². The molecule has 94 valence electrons. The molecule has 0 radical (unpaired) electrons. The molecule has 1 unspecified atom stereocenters. The van der Waals surface area contributed by atoms with Crippen LogP contribution in [0.15, 0.2) is 22.7 Å². The molecule has 0 aliphatic rings. The Labute approximate surface area is 109 Å². The Hall–Kier alpha value is -0.940. The van der Waals surface area contributed by atoms with Gasteiger partial charge in [-0.05, 0) is 34.0 Å². The Morgan fingerprint density at radius 1 is 1.59 bits per heavy atom. The van der Waals surface area contributed by atoms with Crippen LogP contribution >= 0.6 is 15.9 Å². The van der Waals surface area contributed by atoms with Gasteiger partial charge in [-0.2, -0.15) is 0 Å². The minimum absolute atomic E-state index is 0.0561. The fraction of sp³-hybridized carbons (Fsp3) is 0.417. The topological polar surface area (TPSA) is 55.1 Å². The number of nitrogens with two attached hydrogens (primary N) is 1. The van der Waals surface area contributed by atoms with E-state index < -0.39 is 11.9 Å². The van der Waals surface area contributed by atoms with Crippen molar-refractivity contribution >= 4 is 27.5 Å². The summed E-state index contributed by atoms with van der Waals surface area (Å²) in [5, 5.41) is 2.51. The van der Waals surface area contributed by atoms with Crippen LogP contribution in [0.25, 0.3) is 0 Å². The van der Waals surface area contributed by atoms with E-state index in [1.54, 1.807) is 12.1 Å². The SMILES string of the molecule is CCC(C)[C@H](N)C(=O)Nc1c(F)cccc1Br. The highest BCUT2D eigenvalue weighted by atomic mass is 79.9. The number of carbonyl (C=O) groups excluding carboxylic acids is 1. The van der Waals surface area contributed by atoms with Gasteiger partial charge < -0.3 is 11.1 Å². The van der Waals surface area contributed by atoms with Crippen molar-refractivity contribution in [1.82, 2.24) is 0 Å². The van der Waals surface area contributed by atoms with Gasteiger partial charge in [0.2, 0.25) is 5.91 Å². The van der Waals surface area contributed by atoms with Crippen LogP contribution in [0.3, 0.4) is 0 Å². The largest absolute Gasteiger partial charge is 0.321 e. The predicted octanol–water partition coefficient (Wildman–Crippen LogP) is 2.90. The lowest BCUT2D eigenvalue weighted by molar-refractivity contribution is -0.118. The van der Waals surface area contributed by atoms with E-state index in [0.717, 1.165) is 6.42 Å². The van der Waals surface area contributed by atoms with Gasteiger partial charge in [0.25, 0.3) is 0 Å². The second-order valence-corrected chi connectivity index (χ2v) is 4.85. The minimum atomic E-state index is -0.633. The fourth-order valence-electron chi connectivity index (χ4n) is 1.34. The molecule has 1 aromatic rings. The number of amides is 1. The van der Waals surface area contributed by atoms with Gasteiger partial charge in [0.05, 0.1) is 11.7 Å². The van der Waals surface area contributed by atoms with Gasteiger partial charge >= 0.3 is 0 Å². The number of para-hydroxylation sites is 1. The molecule has 0 aliphatic heterocycles. The maximum atomic E-state index is 13.5. The lowest BCUT2D eigenvalue weighted by atomic mass is 9.99. The molecule has 3 nitrogen and oxygen atoms in total. The van der Waals surface area contributed by atoms with Crippen LogP contribution < -0.4 is 11.1 Å². The molecular weight excluding hydrogens is 287 g/mol. The Kier molecular flexibility index (Phi) is 5.08. The Bertz CT molecular complexity index is 391. The summed E-state index contributed by atoms with van der Waals surface area (Å²) >= 11 is 3.18. The van der Waals surface area contributed by atoms with E-state index in [0.29, 0.717) is 4.47 Å². The number of carbonyl (C=O) groups is 1. The fourth-order valence-corrected chi connectivity index (χ4v) is 1.78. The van der Waals surface area contributed by atoms with E-state index in [9.17, 15) is 9.18 Å². The van der Waals surface area contributed by atoms with Gasteiger partial charge in [0.15, 0.2) is 0 Å². The second-order valence-electron chi connectivity index (χ2n) is 4.00. The average molecular weight is 303 g/mol. The molecule has 5 heteroatoms. The van der Waals surface area contributed by atoms with Gasteiger partial charge in [-0.3, -0.25) is 4.79 Å². The van der Waals surface area contributed by atoms with Crippen LogP contribution in [0.4, 0.5) is 10.1 Å². The summed E-state index contributed by atoms with van der Waals surface area (Å²) in [4.78, 5) is 11.8. The average Bonchev–Trinajstić information content (AvgIpc) is 2.31. The first kappa shape index (κ1) is 14.1. The monoisotopic (exact) mass is 302 g/mol. The molecule has 0 fully saturated rings. The van der Waals surface area contributed by atoms with Gasteiger partial charge in [0, 0.05) is 4.47 Å². The van der Waals surface area contributed by atoms with E-state index in [-0.39, 0.29) is 17.5 Å². The molecule has 17 heavy (non-hydrogen) atoms. The number of rotatable bonds is 4. The summed E-state index contributed by atoms with van der Waals surface area (Å²) < 4.78 is 14.0. The van der Waals surface area contributed by atoms with E-state index in [4.69, 9.17) is 5.73 Å². The first-order chi connectivity index (χ1) is 7.97. The van der Waals surface area contributed by atoms with E-state index in [1.807, 2.05) is 13.8 Å². The third-order valence-corrected chi connectivity index (χ3v) is 3.43. The minimum Gasteiger partial charge on any atom is -0.321 e. The van der Waals surface area contributed by atoms with Crippen LogP contribution in [0.2, 0.25) is 0 Å². The molecule has 0 heterocycles. The lowest BCUT2D eigenvalue weighted by Gasteiger charge is -2.18. The molecular formula is C12H16BrFN2O. The first-order valence-electron chi connectivity index (χ1n) is 5.47. The molecule has 1 amide bonds. The number of halogens is 2. The number of nitrogens with one attached hydrogen (secondary N) is 1. The maximum Gasteiger partial charge on any atom is 0.241 e. The van der Waals surface area contributed by atoms with Gasteiger partial charge in [0.1, 0.15) is 5.82 Å².